The summed E-state index contributed by atoms with van der Waals surface area (Å²) in [5.74, 6) is -0.323. The monoisotopic (exact) mass is 373 g/mol. The number of anilines is 2. The van der Waals surface area contributed by atoms with Crippen LogP contribution in [0.3, 0.4) is 0 Å². The minimum absolute atomic E-state index is 0.323. The van der Waals surface area contributed by atoms with E-state index in [1.807, 2.05) is 14.0 Å². The zero-order valence-corrected chi connectivity index (χ0v) is 15.7. The maximum Gasteiger partial charge on any atom is 0.257 e. The Morgan fingerprint density at radius 1 is 1.12 bits per heavy atom. The number of benzene rings is 1. The molecule has 0 bridgehead atoms. The molecule has 0 atom stereocenters. The average molecular weight is 373 g/mol. The molecule has 0 saturated carbocycles. The van der Waals surface area contributed by atoms with E-state index in [9.17, 15) is 13.2 Å². The van der Waals surface area contributed by atoms with Gasteiger partial charge in [-0.25, -0.2) is 13.4 Å². The van der Waals surface area contributed by atoms with E-state index < -0.39 is 10.0 Å². The van der Waals surface area contributed by atoms with Gasteiger partial charge in [0.1, 0.15) is 0 Å². The van der Waals surface area contributed by atoms with E-state index >= 15 is 0 Å². The van der Waals surface area contributed by atoms with Crippen molar-refractivity contribution in [3.05, 3.63) is 47.3 Å². The van der Waals surface area contributed by atoms with Crippen LogP contribution in [0.1, 0.15) is 21.7 Å². The van der Waals surface area contributed by atoms with Gasteiger partial charge in [-0.2, -0.15) is 5.10 Å². The van der Waals surface area contributed by atoms with Gasteiger partial charge in [0, 0.05) is 18.1 Å². The van der Waals surface area contributed by atoms with Crippen LogP contribution >= 0.6 is 0 Å². The molecule has 2 heterocycles. The number of rotatable bonds is 4. The van der Waals surface area contributed by atoms with Crippen LogP contribution in [0.5, 0.6) is 0 Å². The minimum Gasteiger partial charge on any atom is -0.322 e. The van der Waals surface area contributed by atoms with Gasteiger partial charge in [-0.15, -0.1) is 0 Å². The fraction of sp³-hybridized carbons (Fsp3) is 0.235. The van der Waals surface area contributed by atoms with Crippen LogP contribution in [0.15, 0.2) is 30.3 Å². The largest absolute Gasteiger partial charge is 0.322 e. The van der Waals surface area contributed by atoms with E-state index in [-0.39, 0.29) is 5.91 Å². The first-order valence-electron chi connectivity index (χ1n) is 7.84. The summed E-state index contributed by atoms with van der Waals surface area (Å²) >= 11 is 0. The molecule has 0 radical (unpaired) electrons. The smallest absolute Gasteiger partial charge is 0.257 e. The van der Waals surface area contributed by atoms with Crippen molar-refractivity contribution in [2.45, 2.75) is 13.8 Å². The SMILES string of the molecule is Cc1nc2c(cc1C(=O)Nc1cccc(NS(C)(=O)=O)c1)c(C)nn2C. The predicted octanol–water partition coefficient (Wildman–Crippen LogP) is 2.21. The number of aryl methyl sites for hydroxylation is 3. The van der Waals surface area contributed by atoms with Gasteiger partial charge in [0.25, 0.3) is 5.91 Å². The Balaban J connectivity index is 1.91. The first kappa shape index (κ1) is 17.9. The van der Waals surface area contributed by atoms with Crippen LogP contribution in [0.25, 0.3) is 11.0 Å². The first-order valence-corrected chi connectivity index (χ1v) is 9.73. The van der Waals surface area contributed by atoms with Crippen molar-refractivity contribution in [3.8, 4) is 0 Å². The van der Waals surface area contributed by atoms with Crippen molar-refractivity contribution in [1.29, 1.82) is 0 Å². The fourth-order valence-electron chi connectivity index (χ4n) is 2.73. The summed E-state index contributed by atoms with van der Waals surface area (Å²) in [6.45, 7) is 3.62. The van der Waals surface area contributed by atoms with Crippen molar-refractivity contribution in [2.75, 3.05) is 16.3 Å². The molecule has 0 unspecified atom stereocenters. The Bertz CT molecular complexity index is 1120. The van der Waals surface area contributed by atoms with E-state index in [0.717, 1.165) is 23.0 Å². The van der Waals surface area contributed by atoms with Gasteiger partial charge < -0.3 is 5.32 Å². The van der Waals surface area contributed by atoms with Crippen LogP contribution in [0.2, 0.25) is 0 Å². The molecule has 3 aromatic rings. The normalized spacial score (nSPS) is 11.5. The molecule has 0 aliphatic carbocycles. The minimum atomic E-state index is -3.39. The van der Waals surface area contributed by atoms with Crippen molar-refractivity contribution < 1.29 is 13.2 Å². The van der Waals surface area contributed by atoms with Gasteiger partial charge in [0.15, 0.2) is 5.65 Å². The number of pyridine rings is 1. The molecule has 1 aromatic carbocycles. The van der Waals surface area contributed by atoms with Crippen LogP contribution in [-0.4, -0.2) is 35.3 Å². The highest BCUT2D eigenvalue weighted by Crippen LogP contribution is 2.21. The molecular weight excluding hydrogens is 354 g/mol. The number of fused-ring (bicyclic) bond motifs is 1. The quantitative estimate of drug-likeness (QED) is 0.729. The van der Waals surface area contributed by atoms with Gasteiger partial charge in [-0.05, 0) is 38.1 Å². The van der Waals surface area contributed by atoms with Gasteiger partial charge in [-0.1, -0.05) is 6.07 Å². The van der Waals surface area contributed by atoms with Crippen molar-refractivity contribution >= 4 is 38.3 Å². The van der Waals surface area contributed by atoms with E-state index in [0.29, 0.717) is 22.6 Å². The molecule has 0 aliphatic heterocycles. The summed E-state index contributed by atoms with van der Waals surface area (Å²) in [7, 11) is -1.58. The van der Waals surface area contributed by atoms with E-state index in [1.54, 1.807) is 41.9 Å². The third-order valence-corrected chi connectivity index (χ3v) is 4.46. The van der Waals surface area contributed by atoms with E-state index in [1.165, 1.54) is 0 Å². The lowest BCUT2D eigenvalue weighted by atomic mass is 10.1. The molecule has 0 spiro atoms. The summed E-state index contributed by atoms with van der Waals surface area (Å²) in [5, 5.41) is 7.91. The van der Waals surface area contributed by atoms with Crippen LogP contribution < -0.4 is 10.0 Å². The van der Waals surface area contributed by atoms with E-state index in [4.69, 9.17) is 0 Å². The molecule has 2 N–H and O–H groups in total. The molecule has 9 heteroatoms. The molecule has 0 fully saturated rings. The Morgan fingerprint density at radius 3 is 2.50 bits per heavy atom. The third-order valence-electron chi connectivity index (χ3n) is 3.86. The summed E-state index contributed by atoms with van der Waals surface area (Å²) in [4.78, 5) is 17.1. The Hall–Kier alpha value is -2.94. The highest BCUT2D eigenvalue weighted by molar-refractivity contribution is 7.92. The molecule has 1 amide bonds. The summed E-state index contributed by atoms with van der Waals surface area (Å²) < 4.78 is 26.7. The first-order chi connectivity index (χ1) is 12.1. The number of nitrogens with one attached hydrogen (secondary N) is 2. The number of carbonyl (C=O) groups excluding carboxylic acids is 1. The maximum absolute atomic E-state index is 12.7. The Labute approximate surface area is 151 Å². The summed E-state index contributed by atoms with van der Waals surface area (Å²) in [6, 6.07) is 8.27. The highest BCUT2D eigenvalue weighted by atomic mass is 32.2. The second-order valence-electron chi connectivity index (χ2n) is 6.11. The lowest BCUT2D eigenvalue weighted by Gasteiger charge is -2.10. The Kier molecular flexibility index (Phi) is 4.41. The molecule has 26 heavy (non-hydrogen) atoms. The molecule has 2 aromatic heterocycles. The number of nitrogens with zero attached hydrogens (tertiary/aromatic N) is 3. The van der Waals surface area contributed by atoms with Crippen molar-refractivity contribution in [1.82, 2.24) is 14.8 Å². The Morgan fingerprint density at radius 2 is 1.81 bits per heavy atom. The highest BCUT2D eigenvalue weighted by Gasteiger charge is 2.16. The van der Waals surface area contributed by atoms with Crippen molar-refractivity contribution in [2.24, 2.45) is 7.05 Å². The summed E-state index contributed by atoms with van der Waals surface area (Å²) in [5.41, 5.74) is 3.39. The van der Waals surface area contributed by atoms with E-state index in [2.05, 4.69) is 20.1 Å². The lowest BCUT2D eigenvalue weighted by Crippen LogP contribution is -2.15. The number of amides is 1. The van der Waals surface area contributed by atoms with Gasteiger partial charge in [0.05, 0.1) is 28.9 Å². The molecule has 8 nitrogen and oxygen atoms in total. The van der Waals surface area contributed by atoms with Gasteiger partial charge in [0.2, 0.25) is 10.0 Å². The molecule has 0 aliphatic rings. The number of aromatic nitrogens is 3. The van der Waals surface area contributed by atoms with Crippen molar-refractivity contribution in [3.63, 3.8) is 0 Å². The maximum atomic E-state index is 12.7. The lowest BCUT2D eigenvalue weighted by molar-refractivity contribution is 0.102. The number of hydrogen-bond acceptors (Lipinski definition) is 5. The standard InChI is InChI=1S/C17H19N5O3S/c1-10-15(9-14-11(2)20-22(3)16(14)18-10)17(23)19-12-6-5-7-13(8-12)21-26(4,24)25/h5-9,21H,1-4H3,(H,19,23). The summed E-state index contributed by atoms with van der Waals surface area (Å²) in [6.07, 6.45) is 1.07. The van der Waals surface area contributed by atoms with Gasteiger partial charge in [-0.3, -0.25) is 14.2 Å². The van der Waals surface area contributed by atoms with Crippen LogP contribution in [0.4, 0.5) is 11.4 Å². The fourth-order valence-corrected chi connectivity index (χ4v) is 3.29. The van der Waals surface area contributed by atoms with Gasteiger partial charge >= 0.3 is 0 Å². The second-order valence-corrected chi connectivity index (χ2v) is 7.86. The molecule has 0 saturated heterocycles. The number of carbonyl (C=O) groups is 1. The van der Waals surface area contributed by atoms with Crippen LogP contribution in [-0.2, 0) is 17.1 Å². The third kappa shape index (κ3) is 3.67. The molecule has 3 rings (SSSR count). The molecular formula is C17H19N5O3S. The predicted molar refractivity (Wildman–Crippen MR) is 101 cm³/mol. The average Bonchev–Trinajstić information content (AvgIpc) is 2.79. The second kappa shape index (κ2) is 6.41. The number of hydrogen-bond donors (Lipinski definition) is 2. The number of sulfonamides is 1. The topological polar surface area (TPSA) is 106 Å². The zero-order chi connectivity index (χ0) is 19.1. The zero-order valence-electron chi connectivity index (χ0n) is 14.9. The molecule has 136 valence electrons. The van der Waals surface area contributed by atoms with Crippen LogP contribution in [0, 0.1) is 13.8 Å².